The molecule has 2 rings (SSSR count). The molecule has 0 aliphatic heterocycles. The number of aromatic nitrogens is 1. The van der Waals surface area contributed by atoms with Gasteiger partial charge in [-0.1, -0.05) is 0 Å². The minimum Gasteiger partial charge on any atom is -0.465 e. The highest BCUT2D eigenvalue weighted by Crippen LogP contribution is 2.17. The maximum atomic E-state index is 11.7. The third-order valence-corrected chi connectivity index (χ3v) is 2.67. The predicted octanol–water partition coefficient (Wildman–Crippen LogP) is 2.39. The monoisotopic (exact) mass is 317 g/mol. The summed E-state index contributed by atoms with van der Waals surface area (Å²) in [6.45, 7) is 0. The lowest BCUT2D eigenvalue weighted by molar-refractivity contribution is -0.384. The number of esters is 1. The summed E-state index contributed by atoms with van der Waals surface area (Å²) < 4.78 is 9.47. The third kappa shape index (κ3) is 4.24. The van der Waals surface area contributed by atoms with E-state index in [4.69, 9.17) is 4.74 Å². The number of carbonyl (C=O) groups excluding carboxylic acids is 2. The first-order chi connectivity index (χ1) is 11.0. The van der Waals surface area contributed by atoms with E-state index in [-0.39, 0.29) is 22.8 Å². The van der Waals surface area contributed by atoms with Crippen LogP contribution in [0.25, 0.3) is 0 Å². The molecule has 0 spiro atoms. The van der Waals surface area contributed by atoms with Crippen molar-refractivity contribution in [3.8, 4) is 5.75 Å². The van der Waals surface area contributed by atoms with Crippen LogP contribution in [0.15, 0.2) is 42.6 Å². The van der Waals surface area contributed by atoms with Gasteiger partial charge in [-0.3, -0.25) is 15.4 Å². The summed E-state index contributed by atoms with van der Waals surface area (Å²) in [5, 5.41) is 12.9. The summed E-state index contributed by atoms with van der Waals surface area (Å²) in [5.41, 5.74) is 0.125. The summed E-state index contributed by atoms with van der Waals surface area (Å²) >= 11 is 0. The van der Waals surface area contributed by atoms with Gasteiger partial charge >= 0.3 is 12.1 Å². The Morgan fingerprint density at radius 2 is 1.87 bits per heavy atom. The Bertz CT molecular complexity index is 727. The SMILES string of the molecule is COC(=O)c1ccc(NC(=O)Oc2ccc([N+](=O)[O-])cc2)nc1. The molecule has 1 aromatic carbocycles. The van der Waals surface area contributed by atoms with Gasteiger partial charge in [-0.15, -0.1) is 0 Å². The molecule has 9 heteroatoms. The number of amides is 1. The van der Waals surface area contributed by atoms with E-state index in [0.717, 1.165) is 0 Å². The topological polar surface area (TPSA) is 121 Å². The van der Waals surface area contributed by atoms with Crippen molar-refractivity contribution in [1.29, 1.82) is 0 Å². The standard InChI is InChI=1S/C14H11N3O6/c1-22-13(18)9-2-7-12(15-8-9)16-14(19)23-11-5-3-10(4-6-11)17(20)21/h2-8H,1H3,(H,15,16,19). The van der Waals surface area contributed by atoms with Crippen molar-refractivity contribution in [2.45, 2.75) is 0 Å². The summed E-state index contributed by atoms with van der Waals surface area (Å²) in [5.74, 6) is -0.235. The number of nitrogens with zero attached hydrogens (tertiary/aromatic N) is 2. The number of non-ortho nitro benzene ring substituents is 1. The molecule has 23 heavy (non-hydrogen) atoms. The Morgan fingerprint density at radius 1 is 1.17 bits per heavy atom. The molecule has 1 amide bonds. The maximum Gasteiger partial charge on any atom is 0.418 e. The van der Waals surface area contributed by atoms with Crippen LogP contribution < -0.4 is 10.1 Å². The van der Waals surface area contributed by atoms with Gasteiger partial charge < -0.3 is 9.47 Å². The number of anilines is 1. The Hall–Kier alpha value is -3.49. The number of nitro groups is 1. The lowest BCUT2D eigenvalue weighted by atomic mass is 10.3. The zero-order valence-corrected chi connectivity index (χ0v) is 11.9. The van der Waals surface area contributed by atoms with Crippen LogP contribution in [0.5, 0.6) is 5.75 Å². The van der Waals surface area contributed by atoms with Crippen LogP contribution in [0.4, 0.5) is 16.3 Å². The molecule has 0 radical (unpaired) electrons. The molecular weight excluding hydrogens is 306 g/mol. The Kier molecular flexibility index (Phi) is 4.82. The highest BCUT2D eigenvalue weighted by molar-refractivity contribution is 5.90. The first kappa shape index (κ1) is 15.9. The van der Waals surface area contributed by atoms with Gasteiger partial charge in [0.05, 0.1) is 17.6 Å². The molecule has 118 valence electrons. The first-order valence-corrected chi connectivity index (χ1v) is 6.27. The fraction of sp³-hybridized carbons (Fsp3) is 0.0714. The molecule has 0 atom stereocenters. The third-order valence-electron chi connectivity index (χ3n) is 2.67. The molecule has 2 aromatic rings. The number of rotatable bonds is 4. The van der Waals surface area contributed by atoms with Gasteiger partial charge in [-0.25, -0.2) is 14.6 Å². The van der Waals surface area contributed by atoms with Crippen LogP contribution in [0.2, 0.25) is 0 Å². The fourth-order valence-electron chi connectivity index (χ4n) is 1.58. The average molecular weight is 317 g/mol. The number of methoxy groups -OCH3 is 1. The number of hydrogen-bond donors (Lipinski definition) is 1. The largest absolute Gasteiger partial charge is 0.465 e. The van der Waals surface area contributed by atoms with Crippen molar-refractivity contribution in [2.24, 2.45) is 0 Å². The second-order valence-corrected chi connectivity index (χ2v) is 4.19. The number of ether oxygens (including phenoxy) is 2. The van der Waals surface area contributed by atoms with E-state index in [1.165, 1.54) is 49.7 Å². The first-order valence-electron chi connectivity index (χ1n) is 6.27. The molecule has 0 aliphatic carbocycles. The summed E-state index contributed by atoms with van der Waals surface area (Å²) in [7, 11) is 1.25. The average Bonchev–Trinajstić information content (AvgIpc) is 2.55. The van der Waals surface area contributed by atoms with Crippen LogP contribution in [0.3, 0.4) is 0 Å². The van der Waals surface area contributed by atoms with Crippen LogP contribution >= 0.6 is 0 Å². The van der Waals surface area contributed by atoms with E-state index >= 15 is 0 Å². The van der Waals surface area contributed by atoms with Crippen molar-refractivity contribution in [3.63, 3.8) is 0 Å². The van der Waals surface area contributed by atoms with E-state index in [2.05, 4.69) is 15.0 Å². The fourth-order valence-corrected chi connectivity index (χ4v) is 1.58. The molecular formula is C14H11N3O6. The van der Waals surface area contributed by atoms with Crippen molar-refractivity contribution in [3.05, 3.63) is 58.3 Å². The van der Waals surface area contributed by atoms with Crippen LogP contribution in [-0.4, -0.2) is 29.1 Å². The normalized spacial score (nSPS) is 9.78. The Morgan fingerprint density at radius 3 is 2.39 bits per heavy atom. The second-order valence-electron chi connectivity index (χ2n) is 4.19. The minimum absolute atomic E-state index is 0.113. The van der Waals surface area contributed by atoms with Gasteiger partial charge in [-0.2, -0.15) is 0 Å². The van der Waals surface area contributed by atoms with Gasteiger partial charge in [0.15, 0.2) is 0 Å². The minimum atomic E-state index is -0.822. The zero-order valence-electron chi connectivity index (χ0n) is 11.9. The van der Waals surface area contributed by atoms with Crippen molar-refractivity contribution < 1.29 is 24.0 Å². The molecule has 0 unspecified atom stereocenters. The van der Waals surface area contributed by atoms with Crippen molar-refractivity contribution in [1.82, 2.24) is 4.98 Å². The molecule has 0 aliphatic rings. The van der Waals surface area contributed by atoms with Gasteiger partial charge in [-0.05, 0) is 24.3 Å². The van der Waals surface area contributed by atoms with Crippen LogP contribution in [0, 0.1) is 10.1 Å². The number of carbonyl (C=O) groups is 2. The molecule has 1 heterocycles. The molecule has 0 bridgehead atoms. The highest BCUT2D eigenvalue weighted by Gasteiger charge is 2.10. The molecule has 1 N–H and O–H groups in total. The number of benzene rings is 1. The predicted molar refractivity (Wildman–Crippen MR) is 78.3 cm³/mol. The highest BCUT2D eigenvalue weighted by atomic mass is 16.6. The van der Waals surface area contributed by atoms with Crippen molar-refractivity contribution in [2.75, 3.05) is 12.4 Å². The van der Waals surface area contributed by atoms with Gasteiger partial charge in [0.1, 0.15) is 11.6 Å². The van der Waals surface area contributed by atoms with E-state index in [1.54, 1.807) is 0 Å². The van der Waals surface area contributed by atoms with E-state index in [9.17, 15) is 19.7 Å². The zero-order chi connectivity index (χ0) is 16.8. The van der Waals surface area contributed by atoms with Crippen LogP contribution in [-0.2, 0) is 4.74 Å². The van der Waals surface area contributed by atoms with E-state index in [1.807, 2.05) is 0 Å². The van der Waals surface area contributed by atoms with Gasteiger partial charge in [0.25, 0.3) is 5.69 Å². The second kappa shape index (κ2) is 6.98. The van der Waals surface area contributed by atoms with Gasteiger partial charge in [0.2, 0.25) is 0 Å². The molecule has 0 saturated carbocycles. The number of nitro benzene ring substituents is 1. The smallest absolute Gasteiger partial charge is 0.418 e. The molecule has 9 nitrogen and oxygen atoms in total. The number of nitrogens with one attached hydrogen (secondary N) is 1. The summed E-state index contributed by atoms with van der Waals surface area (Å²) in [6, 6.07) is 7.86. The molecule has 1 aromatic heterocycles. The summed E-state index contributed by atoms with van der Waals surface area (Å²) in [6.07, 6.45) is 0.421. The Balaban J connectivity index is 1.96. The summed E-state index contributed by atoms with van der Waals surface area (Å²) in [4.78, 5) is 36.7. The molecule has 0 saturated heterocycles. The van der Waals surface area contributed by atoms with Gasteiger partial charge in [0, 0.05) is 18.3 Å². The maximum absolute atomic E-state index is 11.7. The Labute approximate surface area is 130 Å². The lowest BCUT2D eigenvalue weighted by Gasteiger charge is -2.06. The quantitative estimate of drug-likeness (QED) is 0.522. The van der Waals surface area contributed by atoms with E-state index in [0.29, 0.717) is 0 Å². The number of pyridine rings is 1. The van der Waals surface area contributed by atoms with Crippen LogP contribution in [0.1, 0.15) is 10.4 Å². The van der Waals surface area contributed by atoms with E-state index < -0.39 is 17.0 Å². The lowest BCUT2D eigenvalue weighted by Crippen LogP contribution is -2.17. The molecule has 0 fully saturated rings. The van der Waals surface area contributed by atoms with Crippen molar-refractivity contribution >= 4 is 23.6 Å². The number of hydrogen-bond acceptors (Lipinski definition) is 7.